The molecule has 104 valence electrons. The predicted octanol–water partition coefficient (Wildman–Crippen LogP) is 4.71. The lowest BCUT2D eigenvalue weighted by Crippen LogP contribution is -2.15. The van der Waals surface area contributed by atoms with Gasteiger partial charge in [0.15, 0.2) is 0 Å². The Labute approximate surface area is 126 Å². The van der Waals surface area contributed by atoms with Crippen molar-refractivity contribution in [2.24, 2.45) is 0 Å². The standard InChI is InChI=1S/C16H15BrFNO/c1-3-11-6-4-5-10(2)15(11)19-16(20)13-9-12(17)7-8-14(13)18/h4-9H,3H2,1-2H3,(H,19,20). The molecule has 0 heterocycles. The number of anilines is 1. The fourth-order valence-electron chi connectivity index (χ4n) is 2.05. The minimum Gasteiger partial charge on any atom is -0.321 e. The van der Waals surface area contributed by atoms with Gasteiger partial charge in [0, 0.05) is 10.2 Å². The molecule has 0 aliphatic carbocycles. The van der Waals surface area contributed by atoms with E-state index in [9.17, 15) is 9.18 Å². The Morgan fingerprint density at radius 2 is 2.05 bits per heavy atom. The number of para-hydroxylation sites is 1. The highest BCUT2D eigenvalue weighted by Gasteiger charge is 2.14. The maximum absolute atomic E-state index is 13.7. The second-order valence-corrected chi connectivity index (χ2v) is 5.46. The second-order valence-electron chi connectivity index (χ2n) is 4.54. The fourth-order valence-corrected chi connectivity index (χ4v) is 2.42. The first-order valence-electron chi connectivity index (χ1n) is 6.37. The van der Waals surface area contributed by atoms with E-state index in [1.54, 1.807) is 6.07 Å². The summed E-state index contributed by atoms with van der Waals surface area (Å²) in [7, 11) is 0. The zero-order valence-corrected chi connectivity index (χ0v) is 12.9. The van der Waals surface area contributed by atoms with Crippen molar-refractivity contribution in [1.82, 2.24) is 0 Å². The third-order valence-electron chi connectivity index (χ3n) is 3.15. The van der Waals surface area contributed by atoms with Crippen LogP contribution in [0.2, 0.25) is 0 Å². The Morgan fingerprint density at radius 3 is 2.75 bits per heavy atom. The molecular formula is C16H15BrFNO. The van der Waals surface area contributed by atoms with E-state index in [-0.39, 0.29) is 5.56 Å². The number of carbonyl (C=O) groups excluding carboxylic acids is 1. The van der Waals surface area contributed by atoms with Crippen molar-refractivity contribution in [1.29, 1.82) is 0 Å². The molecule has 2 aromatic carbocycles. The summed E-state index contributed by atoms with van der Waals surface area (Å²) in [4.78, 5) is 12.2. The van der Waals surface area contributed by atoms with Gasteiger partial charge in [0.05, 0.1) is 5.56 Å². The van der Waals surface area contributed by atoms with Crippen LogP contribution in [0, 0.1) is 12.7 Å². The maximum atomic E-state index is 13.7. The van der Waals surface area contributed by atoms with Crippen molar-refractivity contribution in [2.75, 3.05) is 5.32 Å². The lowest BCUT2D eigenvalue weighted by Gasteiger charge is -2.13. The van der Waals surface area contributed by atoms with Gasteiger partial charge in [0.25, 0.3) is 5.91 Å². The van der Waals surface area contributed by atoms with Crippen LogP contribution in [-0.4, -0.2) is 5.91 Å². The summed E-state index contributed by atoms with van der Waals surface area (Å²) >= 11 is 3.25. The third-order valence-corrected chi connectivity index (χ3v) is 3.64. The highest BCUT2D eigenvalue weighted by molar-refractivity contribution is 9.10. The van der Waals surface area contributed by atoms with Gasteiger partial charge in [-0.3, -0.25) is 4.79 Å². The molecule has 0 aliphatic heterocycles. The average molecular weight is 336 g/mol. The highest BCUT2D eigenvalue weighted by atomic mass is 79.9. The normalized spacial score (nSPS) is 10.4. The zero-order valence-electron chi connectivity index (χ0n) is 11.3. The molecule has 0 fully saturated rings. The minimum atomic E-state index is -0.530. The summed E-state index contributed by atoms with van der Waals surface area (Å²) < 4.78 is 14.4. The highest BCUT2D eigenvalue weighted by Crippen LogP contribution is 2.23. The van der Waals surface area contributed by atoms with Crippen molar-refractivity contribution in [2.45, 2.75) is 20.3 Å². The van der Waals surface area contributed by atoms with Gasteiger partial charge in [0.2, 0.25) is 0 Å². The first kappa shape index (κ1) is 14.7. The Morgan fingerprint density at radius 1 is 1.30 bits per heavy atom. The van der Waals surface area contributed by atoms with E-state index in [0.717, 1.165) is 23.2 Å². The van der Waals surface area contributed by atoms with Gasteiger partial charge < -0.3 is 5.32 Å². The molecule has 4 heteroatoms. The smallest absolute Gasteiger partial charge is 0.258 e. The maximum Gasteiger partial charge on any atom is 0.258 e. The monoisotopic (exact) mass is 335 g/mol. The quantitative estimate of drug-likeness (QED) is 0.864. The number of benzene rings is 2. The van der Waals surface area contributed by atoms with Crippen LogP contribution in [0.4, 0.5) is 10.1 Å². The van der Waals surface area contributed by atoms with Gasteiger partial charge in [0.1, 0.15) is 5.82 Å². The van der Waals surface area contributed by atoms with Crippen LogP contribution in [0.15, 0.2) is 40.9 Å². The van der Waals surface area contributed by atoms with Gasteiger partial charge in [-0.1, -0.05) is 41.1 Å². The number of amides is 1. The molecular weight excluding hydrogens is 321 g/mol. The molecule has 1 amide bonds. The molecule has 0 saturated carbocycles. The zero-order chi connectivity index (χ0) is 14.7. The predicted molar refractivity (Wildman–Crippen MR) is 82.6 cm³/mol. The molecule has 2 aromatic rings. The molecule has 20 heavy (non-hydrogen) atoms. The van der Waals surface area contributed by atoms with E-state index in [2.05, 4.69) is 21.2 Å². The largest absolute Gasteiger partial charge is 0.321 e. The fraction of sp³-hybridized carbons (Fsp3) is 0.188. The molecule has 2 rings (SSSR count). The van der Waals surface area contributed by atoms with Crippen LogP contribution >= 0.6 is 15.9 Å². The summed E-state index contributed by atoms with van der Waals surface area (Å²) in [6, 6.07) is 10.2. The number of rotatable bonds is 3. The van der Waals surface area contributed by atoms with Gasteiger partial charge >= 0.3 is 0 Å². The molecule has 0 aromatic heterocycles. The van der Waals surface area contributed by atoms with E-state index >= 15 is 0 Å². The van der Waals surface area contributed by atoms with E-state index in [4.69, 9.17) is 0 Å². The number of halogens is 2. The molecule has 0 unspecified atom stereocenters. The van der Waals surface area contributed by atoms with Gasteiger partial charge in [-0.15, -0.1) is 0 Å². The second kappa shape index (κ2) is 6.18. The lowest BCUT2D eigenvalue weighted by molar-refractivity contribution is 0.102. The summed E-state index contributed by atoms with van der Waals surface area (Å²) in [6.07, 6.45) is 0.804. The lowest BCUT2D eigenvalue weighted by atomic mass is 10.1. The topological polar surface area (TPSA) is 29.1 Å². The number of carbonyl (C=O) groups is 1. The van der Waals surface area contributed by atoms with Crippen LogP contribution in [0.3, 0.4) is 0 Å². The molecule has 2 nitrogen and oxygen atoms in total. The van der Waals surface area contributed by atoms with Gasteiger partial charge in [-0.25, -0.2) is 4.39 Å². The molecule has 0 aliphatic rings. The van der Waals surface area contributed by atoms with Gasteiger partial charge in [-0.05, 0) is 42.7 Å². The summed E-state index contributed by atoms with van der Waals surface area (Å²) in [6.45, 7) is 3.94. The third kappa shape index (κ3) is 3.07. The van der Waals surface area contributed by atoms with Crippen LogP contribution in [0.5, 0.6) is 0 Å². The summed E-state index contributed by atoms with van der Waals surface area (Å²) in [5.41, 5.74) is 2.80. The number of hydrogen-bond donors (Lipinski definition) is 1. The van der Waals surface area contributed by atoms with E-state index in [1.807, 2.05) is 32.0 Å². The van der Waals surface area contributed by atoms with Crippen LogP contribution in [0.25, 0.3) is 0 Å². The number of hydrogen-bond acceptors (Lipinski definition) is 1. The number of nitrogens with one attached hydrogen (secondary N) is 1. The minimum absolute atomic E-state index is 0.0321. The average Bonchev–Trinajstić information content (AvgIpc) is 2.43. The molecule has 0 radical (unpaired) electrons. The number of aryl methyl sites for hydroxylation is 2. The van der Waals surface area contributed by atoms with Gasteiger partial charge in [-0.2, -0.15) is 0 Å². The SMILES string of the molecule is CCc1cccc(C)c1NC(=O)c1cc(Br)ccc1F. The van der Waals surface area contributed by atoms with Crippen molar-refractivity contribution >= 4 is 27.5 Å². The van der Waals surface area contributed by atoms with E-state index < -0.39 is 11.7 Å². The Bertz CT molecular complexity index is 655. The molecule has 0 saturated heterocycles. The Kier molecular flexibility index (Phi) is 4.55. The van der Waals surface area contributed by atoms with E-state index in [1.165, 1.54) is 12.1 Å². The van der Waals surface area contributed by atoms with Crippen LogP contribution in [-0.2, 0) is 6.42 Å². The Balaban J connectivity index is 2.35. The summed E-state index contributed by atoms with van der Waals surface area (Å²) in [5, 5.41) is 2.81. The molecule has 0 spiro atoms. The van der Waals surface area contributed by atoms with E-state index in [0.29, 0.717) is 4.47 Å². The molecule has 1 N–H and O–H groups in total. The van der Waals surface area contributed by atoms with Crippen molar-refractivity contribution in [3.8, 4) is 0 Å². The van der Waals surface area contributed by atoms with Crippen LogP contribution < -0.4 is 5.32 Å². The summed E-state index contributed by atoms with van der Waals surface area (Å²) in [5.74, 6) is -0.967. The first-order chi connectivity index (χ1) is 9.52. The first-order valence-corrected chi connectivity index (χ1v) is 7.17. The van der Waals surface area contributed by atoms with Crippen LogP contribution in [0.1, 0.15) is 28.4 Å². The van der Waals surface area contributed by atoms with Crippen molar-refractivity contribution in [3.63, 3.8) is 0 Å². The Hall–Kier alpha value is -1.68. The van der Waals surface area contributed by atoms with Crippen molar-refractivity contribution in [3.05, 3.63) is 63.4 Å². The molecule has 0 atom stereocenters. The molecule has 0 bridgehead atoms. The van der Waals surface area contributed by atoms with Crippen molar-refractivity contribution < 1.29 is 9.18 Å².